The monoisotopic (exact) mass is 317 g/mol. The SMILES string of the molecule is Cc1ccc(OCCCC(=O)Nc2nnc(C3CC3)s2)cc1. The van der Waals surface area contributed by atoms with E-state index in [1.54, 1.807) is 0 Å². The van der Waals surface area contributed by atoms with Crippen molar-refractivity contribution in [2.24, 2.45) is 0 Å². The maximum absolute atomic E-state index is 11.8. The summed E-state index contributed by atoms with van der Waals surface area (Å²) < 4.78 is 5.60. The molecule has 1 fully saturated rings. The number of carbonyl (C=O) groups excluding carboxylic acids is 1. The van der Waals surface area contributed by atoms with Crippen molar-refractivity contribution < 1.29 is 9.53 Å². The molecular weight excluding hydrogens is 298 g/mol. The van der Waals surface area contributed by atoms with E-state index in [1.165, 1.54) is 29.7 Å². The smallest absolute Gasteiger partial charge is 0.226 e. The number of ether oxygens (including phenoxy) is 1. The predicted molar refractivity (Wildman–Crippen MR) is 86.4 cm³/mol. The number of anilines is 1. The lowest BCUT2D eigenvalue weighted by molar-refractivity contribution is -0.116. The molecule has 1 saturated carbocycles. The molecule has 1 heterocycles. The summed E-state index contributed by atoms with van der Waals surface area (Å²) in [5.41, 5.74) is 1.20. The van der Waals surface area contributed by atoms with E-state index in [9.17, 15) is 4.79 Å². The highest BCUT2D eigenvalue weighted by Gasteiger charge is 2.27. The van der Waals surface area contributed by atoms with Crippen LogP contribution in [-0.4, -0.2) is 22.7 Å². The molecule has 5 nitrogen and oxygen atoms in total. The van der Waals surface area contributed by atoms with Crippen LogP contribution < -0.4 is 10.1 Å². The van der Waals surface area contributed by atoms with Gasteiger partial charge in [0.1, 0.15) is 10.8 Å². The van der Waals surface area contributed by atoms with Gasteiger partial charge in [-0.3, -0.25) is 4.79 Å². The third-order valence-corrected chi connectivity index (χ3v) is 4.45. The number of nitrogens with one attached hydrogen (secondary N) is 1. The van der Waals surface area contributed by atoms with Gasteiger partial charge in [-0.25, -0.2) is 0 Å². The van der Waals surface area contributed by atoms with Crippen molar-refractivity contribution in [3.05, 3.63) is 34.8 Å². The Morgan fingerprint density at radius 2 is 2.09 bits per heavy atom. The number of nitrogens with zero attached hydrogens (tertiary/aromatic N) is 2. The summed E-state index contributed by atoms with van der Waals surface area (Å²) in [5, 5.41) is 12.6. The maximum Gasteiger partial charge on any atom is 0.226 e. The molecule has 1 aliphatic rings. The number of hydrogen-bond acceptors (Lipinski definition) is 5. The van der Waals surface area contributed by atoms with Crippen molar-refractivity contribution in [3.8, 4) is 5.75 Å². The van der Waals surface area contributed by atoms with Gasteiger partial charge in [-0.2, -0.15) is 0 Å². The second kappa shape index (κ2) is 6.87. The summed E-state index contributed by atoms with van der Waals surface area (Å²) in [4.78, 5) is 11.8. The molecule has 6 heteroatoms. The van der Waals surface area contributed by atoms with Gasteiger partial charge in [-0.05, 0) is 38.3 Å². The first-order valence-electron chi connectivity index (χ1n) is 7.53. The molecule has 1 aromatic heterocycles. The fourth-order valence-electron chi connectivity index (χ4n) is 2.02. The van der Waals surface area contributed by atoms with Crippen molar-refractivity contribution >= 4 is 22.4 Å². The van der Waals surface area contributed by atoms with Crippen molar-refractivity contribution in [3.63, 3.8) is 0 Å². The van der Waals surface area contributed by atoms with Crippen molar-refractivity contribution in [1.82, 2.24) is 10.2 Å². The van der Waals surface area contributed by atoms with Gasteiger partial charge in [0.05, 0.1) is 6.61 Å². The number of amides is 1. The molecule has 0 spiro atoms. The normalized spacial score (nSPS) is 13.9. The van der Waals surface area contributed by atoms with Crippen LogP contribution in [0.3, 0.4) is 0 Å². The first-order chi connectivity index (χ1) is 10.7. The number of hydrogen-bond donors (Lipinski definition) is 1. The molecule has 0 unspecified atom stereocenters. The lowest BCUT2D eigenvalue weighted by Gasteiger charge is -2.06. The van der Waals surface area contributed by atoms with Crippen molar-refractivity contribution in [2.75, 3.05) is 11.9 Å². The first kappa shape index (κ1) is 15.0. The molecule has 1 aromatic carbocycles. The van der Waals surface area contributed by atoms with Crippen LogP contribution in [0.1, 0.15) is 42.2 Å². The minimum Gasteiger partial charge on any atom is -0.494 e. The van der Waals surface area contributed by atoms with Crippen molar-refractivity contribution in [1.29, 1.82) is 0 Å². The standard InChI is InChI=1S/C16H19N3O2S/c1-11-4-8-13(9-5-11)21-10-2-3-14(20)17-16-19-18-15(22-16)12-6-7-12/h4-5,8-9,12H,2-3,6-7,10H2,1H3,(H,17,19,20). The number of aryl methyl sites for hydroxylation is 1. The predicted octanol–water partition coefficient (Wildman–Crippen LogP) is 3.52. The van der Waals surface area contributed by atoms with E-state index in [-0.39, 0.29) is 5.91 Å². The minimum atomic E-state index is -0.0361. The molecular formula is C16H19N3O2S. The second-order valence-electron chi connectivity index (χ2n) is 5.53. The average molecular weight is 317 g/mol. The molecule has 1 aliphatic carbocycles. The lowest BCUT2D eigenvalue weighted by Crippen LogP contribution is -2.12. The average Bonchev–Trinajstić information content (AvgIpc) is 3.26. The molecule has 116 valence electrons. The quantitative estimate of drug-likeness (QED) is 0.794. The zero-order valence-corrected chi connectivity index (χ0v) is 13.4. The van der Waals surface area contributed by atoms with E-state index in [4.69, 9.17) is 4.74 Å². The molecule has 0 atom stereocenters. The van der Waals surface area contributed by atoms with Gasteiger partial charge in [-0.15, -0.1) is 10.2 Å². The third-order valence-electron chi connectivity index (χ3n) is 3.45. The Kier molecular flexibility index (Phi) is 4.68. The van der Waals surface area contributed by atoms with Crippen LogP contribution in [0.5, 0.6) is 5.75 Å². The topological polar surface area (TPSA) is 64.1 Å². The van der Waals surface area contributed by atoms with Gasteiger partial charge in [0, 0.05) is 12.3 Å². The Bertz CT molecular complexity index is 635. The highest BCUT2D eigenvalue weighted by molar-refractivity contribution is 7.15. The second-order valence-corrected chi connectivity index (χ2v) is 6.54. The van der Waals surface area contributed by atoms with Crippen LogP contribution in [0.25, 0.3) is 0 Å². The van der Waals surface area contributed by atoms with Crippen LogP contribution in [0.2, 0.25) is 0 Å². The molecule has 0 bridgehead atoms. The molecule has 0 aliphatic heterocycles. The number of benzene rings is 1. The number of carbonyl (C=O) groups is 1. The molecule has 1 N–H and O–H groups in total. The van der Waals surface area contributed by atoms with E-state index in [1.807, 2.05) is 31.2 Å². The molecule has 2 aromatic rings. The summed E-state index contributed by atoms with van der Waals surface area (Å²) in [6, 6.07) is 7.90. The Morgan fingerprint density at radius 3 is 2.82 bits per heavy atom. The van der Waals surface area contributed by atoms with Crippen LogP contribution in [-0.2, 0) is 4.79 Å². The molecule has 0 radical (unpaired) electrons. The van der Waals surface area contributed by atoms with Gasteiger partial charge in [0.25, 0.3) is 0 Å². The zero-order valence-electron chi connectivity index (χ0n) is 12.5. The molecule has 0 saturated heterocycles. The summed E-state index contributed by atoms with van der Waals surface area (Å²) in [7, 11) is 0. The first-order valence-corrected chi connectivity index (χ1v) is 8.35. The largest absolute Gasteiger partial charge is 0.494 e. The Labute approximate surface area is 133 Å². The van der Waals surface area contributed by atoms with Crippen LogP contribution in [0.4, 0.5) is 5.13 Å². The fourth-order valence-corrected chi connectivity index (χ4v) is 2.95. The van der Waals surface area contributed by atoms with E-state index >= 15 is 0 Å². The van der Waals surface area contributed by atoms with Gasteiger partial charge in [0.2, 0.25) is 11.0 Å². The van der Waals surface area contributed by atoms with Crippen LogP contribution in [0.15, 0.2) is 24.3 Å². The number of rotatable bonds is 7. The lowest BCUT2D eigenvalue weighted by atomic mass is 10.2. The van der Waals surface area contributed by atoms with Crippen LogP contribution in [0, 0.1) is 6.92 Å². The Hall–Kier alpha value is -1.95. The van der Waals surface area contributed by atoms with Gasteiger partial charge < -0.3 is 10.1 Å². The number of aromatic nitrogens is 2. The molecule has 22 heavy (non-hydrogen) atoms. The highest BCUT2D eigenvalue weighted by atomic mass is 32.1. The van der Waals surface area contributed by atoms with E-state index in [2.05, 4.69) is 15.5 Å². The Morgan fingerprint density at radius 1 is 1.32 bits per heavy atom. The Balaban J connectivity index is 1.35. The van der Waals surface area contributed by atoms with E-state index < -0.39 is 0 Å². The summed E-state index contributed by atoms with van der Waals surface area (Å²) in [6.45, 7) is 2.57. The van der Waals surface area contributed by atoms with Gasteiger partial charge in [0.15, 0.2) is 0 Å². The van der Waals surface area contributed by atoms with Gasteiger partial charge >= 0.3 is 0 Å². The summed E-state index contributed by atoms with van der Waals surface area (Å²) in [5.74, 6) is 1.38. The highest BCUT2D eigenvalue weighted by Crippen LogP contribution is 2.42. The third kappa shape index (κ3) is 4.27. The maximum atomic E-state index is 11.8. The zero-order chi connectivity index (χ0) is 15.4. The summed E-state index contributed by atoms with van der Waals surface area (Å²) >= 11 is 1.48. The van der Waals surface area contributed by atoms with Crippen LogP contribution >= 0.6 is 11.3 Å². The minimum absolute atomic E-state index is 0.0361. The molecule has 3 rings (SSSR count). The summed E-state index contributed by atoms with van der Waals surface area (Å²) in [6.07, 6.45) is 3.48. The van der Waals surface area contributed by atoms with E-state index in [0.717, 1.165) is 10.8 Å². The van der Waals surface area contributed by atoms with E-state index in [0.29, 0.717) is 30.5 Å². The molecule has 1 amide bonds. The van der Waals surface area contributed by atoms with Crippen molar-refractivity contribution in [2.45, 2.75) is 38.5 Å². The van der Waals surface area contributed by atoms with Gasteiger partial charge in [-0.1, -0.05) is 29.0 Å². The fraction of sp³-hybridized carbons (Fsp3) is 0.438.